The van der Waals surface area contributed by atoms with E-state index in [0.29, 0.717) is 18.0 Å². The molecule has 4 heteroatoms. The van der Waals surface area contributed by atoms with E-state index in [1.165, 1.54) is 0 Å². The fraction of sp³-hybridized carbons (Fsp3) is 0.182. The molecule has 0 fully saturated rings. The van der Waals surface area contributed by atoms with E-state index in [1.807, 2.05) is 73.8 Å². The third kappa shape index (κ3) is 4.50. The van der Waals surface area contributed by atoms with E-state index >= 15 is 0 Å². The Hall–Kier alpha value is -2.65. The molecule has 0 aliphatic heterocycles. The van der Waals surface area contributed by atoms with Gasteiger partial charge in [0.05, 0.1) is 0 Å². The van der Waals surface area contributed by atoms with Gasteiger partial charge in [0.15, 0.2) is 0 Å². The topological polar surface area (TPSA) is 33.2 Å². The molecule has 0 bridgehead atoms. The second-order valence-corrected chi connectivity index (χ2v) is 6.71. The zero-order valence-electron chi connectivity index (χ0n) is 14.7. The summed E-state index contributed by atoms with van der Waals surface area (Å²) in [5, 5.41) is 0.684. The van der Waals surface area contributed by atoms with Crippen LogP contribution < -0.4 is 0 Å². The molecule has 0 unspecified atom stereocenters. The van der Waals surface area contributed by atoms with E-state index in [4.69, 9.17) is 11.6 Å². The van der Waals surface area contributed by atoms with Crippen molar-refractivity contribution >= 4 is 17.5 Å². The SMILES string of the molecule is CN(Cc1cccnc1)C(=O)C[C@H](c1ccccc1)c1ccccc1Cl. The van der Waals surface area contributed by atoms with Gasteiger partial charge < -0.3 is 4.90 Å². The highest BCUT2D eigenvalue weighted by atomic mass is 35.5. The van der Waals surface area contributed by atoms with Crippen molar-refractivity contribution in [1.82, 2.24) is 9.88 Å². The second-order valence-electron chi connectivity index (χ2n) is 6.30. The van der Waals surface area contributed by atoms with Crippen LogP contribution >= 0.6 is 11.6 Å². The number of amides is 1. The monoisotopic (exact) mass is 364 g/mol. The predicted molar refractivity (Wildman–Crippen MR) is 105 cm³/mol. The van der Waals surface area contributed by atoms with Gasteiger partial charge in [-0.15, -0.1) is 0 Å². The normalized spacial score (nSPS) is 11.8. The Labute approximate surface area is 159 Å². The number of pyridine rings is 1. The minimum absolute atomic E-state index is 0.0719. The summed E-state index contributed by atoms with van der Waals surface area (Å²) in [7, 11) is 1.82. The summed E-state index contributed by atoms with van der Waals surface area (Å²) in [6.45, 7) is 0.538. The van der Waals surface area contributed by atoms with E-state index < -0.39 is 0 Å². The van der Waals surface area contributed by atoms with Gasteiger partial charge in [0.1, 0.15) is 0 Å². The number of carbonyl (C=O) groups excluding carboxylic acids is 1. The van der Waals surface area contributed by atoms with Crippen LogP contribution in [0.25, 0.3) is 0 Å². The molecule has 0 aliphatic rings. The summed E-state index contributed by atoms with van der Waals surface area (Å²) < 4.78 is 0. The standard InChI is InChI=1S/C22H21ClN2O/c1-25(16-17-8-7-13-24-15-17)22(26)14-20(18-9-3-2-4-10-18)19-11-5-6-12-21(19)23/h2-13,15,20H,14,16H2,1H3/t20-/m1/s1. The molecule has 3 rings (SSSR count). The van der Waals surface area contributed by atoms with Crippen LogP contribution in [0.15, 0.2) is 79.1 Å². The molecule has 1 atom stereocenters. The van der Waals surface area contributed by atoms with E-state index in [0.717, 1.165) is 16.7 Å². The number of halogens is 1. The number of benzene rings is 2. The number of rotatable bonds is 6. The first-order valence-electron chi connectivity index (χ1n) is 8.57. The van der Waals surface area contributed by atoms with Gasteiger partial charge in [-0.3, -0.25) is 9.78 Å². The molecule has 1 aromatic heterocycles. The summed E-state index contributed by atoms with van der Waals surface area (Å²) in [6.07, 6.45) is 3.88. The van der Waals surface area contributed by atoms with Crippen molar-refractivity contribution in [3.05, 3.63) is 101 Å². The van der Waals surface area contributed by atoms with Crippen molar-refractivity contribution in [2.45, 2.75) is 18.9 Å². The van der Waals surface area contributed by atoms with E-state index in [-0.39, 0.29) is 11.8 Å². The molecule has 0 aliphatic carbocycles. The van der Waals surface area contributed by atoms with Crippen molar-refractivity contribution in [1.29, 1.82) is 0 Å². The molecule has 1 amide bonds. The Kier molecular flexibility index (Phi) is 6.03. The number of nitrogens with zero attached hydrogens (tertiary/aromatic N) is 2. The van der Waals surface area contributed by atoms with Crippen molar-refractivity contribution in [3.63, 3.8) is 0 Å². The molecule has 3 nitrogen and oxygen atoms in total. The maximum absolute atomic E-state index is 12.9. The lowest BCUT2D eigenvalue weighted by Gasteiger charge is -2.23. The highest BCUT2D eigenvalue weighted by Gasteiger charge is 2.22. The van der Waals surface area contributed by atoms with Crippen LogP contribution in [-0.2, 0) is 11.3 Å². The Morgan fingerprint density at radius 2 is 1.77 bits per heavy atom. The zero-order chi connectivity index (χ0) is 18.4. The molecule has 26 heavy (non-hydrogen) atoms. The fourth-order valence-electron chi connectivity index (χ4n) is 3.03. The Balaban J connectivity index is 1.82. The van der Waals surface area contributed by atoms with Crippen LogP contribution in [0.1, 0.15) is 29.0 Å². The average Bonchev–Trinajstić information content (AvgIpc) is 2.68. The summed E-state index contributed by atoms with van der Waals surface area (Å²) in [5.41, 5.74) is 3.07. The molecule has 3 aromatic rings. The lowest BCUT2D eigenvalue weighted by atomic mass is 9.88. The number of carbonyl (C=O) groups is 1. The highest BCUT2D eigenvalue weighted by Crippen LogP contribution is 2.33. The zero-order valence-corrected chi connectivity index (χ0v) is 15.4. The number of hydrogen-bond donors (Lipinski definition) is 0. The van der Waals surface area contributed by atoms with Gasteiger partial charge in [-0.1, -0.05) is 66.2 Å². The summed E-state index contributed by atoms with van der Waals surface area (Å²) in [6, 6.07) is 21.6. The van der Waals surface area contributed by atoms with Gasteiger partial charge in [-0.2, -0.15) is 0 Å². The van der Waals surface area contributed by atoms with Crippen LogP contribution in [-0.4, -0.2) is 22.8 Å². The summed E-state index contributed by atoms with van der Waals surface area (Å²) in [5.74, 6) is -0.00336. The Bertz CT molecular complexity index is 852. The molecule has 1 heterocycles. The van der Waals surface area contributed by atoms with Gasteiger partial charge >= 0.3 is 0 Å². The molecule has 0 saturated carbocycles. The van der Waals surface area contributed by atoms with Gasteiger partial charge in [0.2, 0.25) is 5.91 Å². The van der Waals surface area contributed by atoms with Gasteiger partial charge in [-0.25, -0.2) is 0 Å². The molecule has 0 spiro atoms. The summed E-state index contributed by atoms with van der Waals surface area (Å²) in [4.78, 5) is 18.7. The van der Waals surface area contributed by atoms with Crippen molar-refractivity contribution in [2.75, 3.05) is 7.05 Å². The fourth-order valence-corrected chi connectivity index (χ4v) is 3.30. The van der Waals surface area contributed by atoms with Crippen LogP contribution in [0, 0.1) is 0 Å². The maximum Gasteiger partial charge on any atom is 0.223 e. The van der Waals surface area contributed by atoms with Gasteiger partial charge in [-0.05, 0) is 28.8 Å². The molecule has 0 radical (unpaired) electrons. The highest BCUT2D eigenvalue weighted by molar-refractivity contribution is 6.31. The molecular formula is C22H21ClN2O. The van der Waals surface area contributed by atoms with Gasteiger partial charge in [0, 0.05) is 43.3 Å². The van der Waals surface area contributed by atoms with Crippen molar-refractivity contribution < 1.29 is 4.79 Å². The third-order valence-electron chi connectivity index (χ3n) is 4.43. The van der Waals surface area contributed by atoms with E-state index in [1.54, 1.807) is 17.3 Å². The third-order valence-corrected chi connectivity index (χ3v) is 4.77. The van der Waals surface area contributed by atoms with Crippen LogP contribution in [0.5, 0.6) is 0 Å². The van der Waals surface area contributed by atoms with Gasteiger partial charge in [0.25, 0.3) is 0 Å². The Morgan fingerprint density at radius 3 is 2.46 bits per heavy atom. The van der Waals surface area contributed by atoms with Crippen LogP contribution in [0.2, 0.25) is 5.02 Å². The lowest BCUT2D eigenvalue weighted by Crippen LogP contribution is -2.28. The first-order valence-corrected chi connectivity index (χ1v) is 8.95. The molecule has 2 aromatic carbocycles. The first kappa shape index (κ1) is 18.2. The van der Waals surface area contributed by atoms with Crippen molar-refractivity contribution in [3.8, 4) is 0 Å². The van der Waals surface area contributed by atoms with E-state index in [9.17, 15) is 4.79 Å². The first-order chi connectivity index (χ1) is 12.6. The van der Waals surface area contributed by atoms with Crippen LogP contribution in [0.3, 0.4) is 0 Å². The van der Waals surface area contributed by atoms with E-state index in [2.05, 4.69) is 4.98 Å². The maximum atomic E-state index is 12.9. The minimum Gasteiger partial charge on any atom is -0.341 e. The Morgan fingerprint density at radius 1 is 1.04 bits per heavy atom. The molecule has 0 saturated heterocycles. The smallest absolute Gasteiger partial charge is 0.223 e. The quantitative estimate of drug-likeness (QED) is 0.622. The second kappa shape index (κ2) is 8.63. The predicted octanol–water partition coefficient (Wildman–Crippen LogP) is 4.92. The average molecular weight is 365 g/mol. The largest absolute Gasteiger partial charge is 0.341 e. The molecule has 132 valence electrons. The summed E-state index contributed by atoms with van der Waals surface area (Å²) >= 11 is 6.43. The minimum atomic E-state index is -0.0752. The number of aromatic nitrogens is 1. The molecular weight excluding hydrogens is 344 g/mol. The van der Waals surface area contributed by atoms with Crippen molar-refractivity contribution in [2.24, 2.45) is 0 Å². The lowest BCUT2D eigenvalue weighted by molar-refractivity contribution is -0.130. The number of hydrogen-bond acceptors (Lipinski definition) is 2. The van der Waals surface area contributed by atoms with Crippen LogP contribution in [0.4, 0.5) is 0 Å². The molecule has 0 N–H and O–H groups in total.